The summed E-state index contributed by atoms with van der Waals surface area (Å²) in [6, 6.07) is 0. The van der Waals surface area contributed by atoms with Crippen LogP contribution in [0.15, 0.2) is 0 Å². The Morgan fingerprint density at radius 3 is 1.40 bits per heavy atom. The zero-order chi connectivity index (χ0) is 3.58. The van der Waals surface area contributed by atoms with Gasteiger partial charge in [0, 0.05) is 0 Å². The minimum atomic E-state index is -1.75. The Bertz CT molecular complexity index is 29.9. The van der Waals surface area contributed by atoms with E-state index in [1.54, 1.807) is 0 Å². The van der Waals surface area contributed by atoms with Crippen molar-refractivity contribution in [2.24, 2.45) is 0 Å². The molecule has 0 aliphatic carbocycles. The van der Waals surface area contributed by atoms with Crippen molar-refractivity contribution in [1.82, 2.24) is 0 Å². The fraction of sp³-hybridized carbons (Fsp3) is 0. The van der Waals surface area contributed by atoms with Crippen LogP contribution in [-0.4, -0.2) is 30.9 Å². The third-order valence-electron chi connectivity index (χ3n) is 0. The molecule has 0 aromatic rings. The molecule has 0 unspecified atom stereocenters. The third kappa shape index (κ3) is 3550. The van der Waals surface area contributed by atoms with E-state index in [-0.39, 0.29) is 25.8 Å². The third-order valence-corrected chi connectivity index (χ3v) is 0. The molecule has 5 heavy (non-hydrogen) atoms. The van der Waals surface area contributed by atoms with Crippen molar-refractivity contribution in [2.45, 2.75) is 0 Å². The van der Waals surface area contributed by atoms with Crippen LogP contribution in [0, 0.1) is 15.3 Å². The zero-order valence-corrected chi connectivity index (χ0v) is 5.54. The monoisotopic (exact) mass is 177 g/mol. The molecule has 0 spiro atoms. The molecule has 0 aromatic heterocycles. The van der Waals surface area contributed by atoms with E-state index in [9.17, 15) is 0 Å². The van der Waals surface area contributed by atoms with Gasteiger partial charge in [-0.3, -0.25) is 0 Å². The molecule has 0 saturated heterocycles. The average molecular weight is 177 g/mol. The Morgan fingerprint density at radius 2 is 1.40 bits per heavy atom. The Morgan fingerprint density at radius 1 is 1.40 bits per heavy atom. The number of hydrogen-bond acceptors (Lipinski definition) is 3. The van der Waals surface area contributed by atoms with E-state index in [2.05, 4.69) is 0 Å². The summed E-state index contributed by atoms with van der Waals surface area (Å²) in [5.74, 6) is 0. The number of hydrogen-bond donors (Lipinski definition) is 0. The molecule has 0 aliphatic heterocycles. The second-order valence-corrected chi connectivity index (χ2v) is 0.224. The average Bonchev–Trinajstić information content (AvgIpc) is 0.811. The zero-order valence-electron chi connectivity index (χ0n) is 2.25. The van der Waals surface area contributed by atoms with Crippen LogP contribution in [0.25, 0.3) is 0 Å². The summed E-state index contributed by atoms with van der Waals surface area (Å²) in [4.78, 5) is 8.25. The van der Waals surface area contributed by atoms with Gasteiger partial charge in [0.15, 0.2) is 0 Å². The van der Waals surface area contributed by atoms with Crippen molar-refractivity contribution >= 4 is 25.8 Å². The van der Waals surface area contributed by atoms with Crippen LogP contribution in [0.3, 0.4) is 0 Å². The second-order valence-electron chi connectivity index (χ2n) is 0.224. The maximum atomic E-state index is 8.25. The van der Waals surface area contributed by atoms with Crippen LogP contribution < -0.4 is 0 Å². The molecule has 0 aliphatic rings. The first-order chi connectivity index (χ1) is 1.73. The van der Waals surface area contributed by atoms with Crippen molar-refractivity contribution in [3.8, 4) is 0 Å². The van der Waals surface area contributed by atoms with Gasteiger partial charge in [-0.2, -0.15) is 0 Å². The van der Waals surface area contributed by atoms with Crippen LogP contribution in [0.2, 0.25) is 0 Å². The predicted octanol–water partition coefficient (Wildman–Crippen LogP) is -0.620. The van der Waals surface area contributed by atoms with E-state index >= 15 is 0 Å². The van der Waals surface area contributed by atoms with Crippen molar-refractivity contribution in [1.29, 1.82) is 0 Å². The maximum Gasteiger partial charge on any atom is 3.00 e. The van der Waals surface area contributed by atoms with Crippen LogP contribution in [-0.2, 0) is 0 Å². The molecule has 0 atom stereocenters. The van der Waals surface area contributed by atoms with Gasteiger partial charge >= 0.3 is 25.8 Å². The summed E-state index contributed by atoms with van der Waals surface area (Å²) in [6.07, 6.45) is 0. The van der Waals surface area contributed by atoms with Gasteiger partial charge in [-0.15, -0.1) is 0 Å². The smallest absolute Gasteiger partial charge is 0.356 e. The minimum Gasteiger partial charge on any atom is -0.356 e. The van der Waals surface area contributed by atoms with E-state index in [0.717, 1.165) is 0 Å². The summed E-state index contributed by atoms with van der Waals surface area (Å²) in [6.45, 7) is 0. The molecule has 5 heteroatoms. The molecule has 0 heterocycles. The van der Waals surface area contributed by atoms with Gasteiger partial charge in [-0.05, 0) is 0 Å². The SMILES string of the molecule is O=[N+]([O-])[O-].[In+3]. The first-order valence-electron chi connectivity index (χ1n) is 0.548. The summed E-state index contributed by atoms with van der Waals surface area (Å²) in [5, 5.41) is 14.8. The van der Waals surface area contributed by atoms with Crippen LogP contribution in [0.1, 0.15) is 0 Å². The van der Waals surface area contributed by atoms with E-state index < -0.39 is 5.09 Å². The van der Waals surface area contributed by atoms with Gasteiger partial charge in [0.2, 0.25) is 0 Å². The van der Waals surface area contributed by atoms with Crippen molar-refractivity contribution < 1.29 is 5.09 Å². The molecule has 0 bridgehead atoms. The molecule has 0 rings (SSSR count). The van der Waals surface area contributed by atoms with Crippen LogP contribution in [0.4, 0.5) is 0 Å². The predicted molar refractivity (Wildman–Crippen MR) is 16.1 cm³/mol. The summed E-state index contributed by atoms with van der Waals surface area (Å²) < 4.78 is 0. The van der Waals surface area contributed by atoms with E-state index in [1.807, 2.05) is 0 Å². The fourth-order valence-corrected chi connectivity index (χ4v) is 0. The van der Waals surface area contributed by atoms with Gasteiger partial charge < -0.3 is 15.3 Å². The van der Waals surface area contributed by atoms with Crippen LogP contribution in [0.5, 0.6) is 0 Å². The topological polar surface area (TPSA) is 66.2 Å². The molecule has 0 radical (unpaired) electrons. The summed E-state index contributed by atoms with van der Waals surface area (Å²) in [5.41, 5.74) is 0. The first kappa shape index (κ1) is 8.91. The Hall–Kier alpha value is 0.0701. The summed E-state index contributed by atoms with van der Waals surface area (Å²) >= 11 is 0. The molecule has 0 N–H and O–H groups in total. The Balaban J connectivity index is 0. The normalized spacial score (nSPS) is 4.80. The standard InChI is InChI=1S/In.NO3/c;2-1(3)4/q+3;-1. The molecule has 4 nitrogen and oxygen atoms in total. The quantitative estimate of drug-likeness (QED) is 0.365. The second kappa shape index (κ2) is 4.07. The van der Waals surface area contributed by atoms with Gasteiger partial charge in [-0.25, -0.2) is 0 Å². The van der Waals surface area contributed by atoms with Gasteiger partial charge in [-0.1, -0.05) is 0 Å². The Labute approximate surface area is 46.7 Å². The molecular weight excluding hydrogens is 177 g/mol. The van der Waals surface area contributed by atoms with E-state index in [1.165, 1.54) is 0 Å². The first-order valence-corrected chi connectivity index (χ1v) is 0.548. The molecular formula is InNO3+2. The van der Waals surface area contributed by atoms with Crippen molar-refractivity contribution in [3.05, 3.63) is 15.3 Å². The van der Waals surface area contributed by atoms with Gasteiger partial charge in [0.05, 0.1) is 5.09 Å². The van der Waals surface area contributed by atoms with E-state index in [4.69, 9.17) is 15.3 Å². The Kier molecular flexibility index (Phi) is 7.25. The maximum absolute atomic E-state index is 8.25. The number of rotatable bonds is 0. The molecule has 0 saturated carbocycles. The van der Waals surface area contributed by atoms with Gasteiger partial charge in [0.25, 0.3) is 0 Å². The molecule has 0 amide bonds. The largest absolute Gasteiger partial charge is 3.00 e. The van der Waals surface area contributed by atoms with Crippen LogP contribution >= 0.6 is 0 Å². The summed E-state index contributed by atoms with van der Waals surface area (Å²) in [7, 11) is 0. The van der Waals surface area contributed by atoms with Crippen molar-refractivity contribution in [3.63, 3.8) is 0 Å². The van der Waals surface area contributed by atoms with E-state index in [0.29, 0.717) is 0 Å². The number of nitrogens with zero attached hydrogens (tertiary/aromatic N) is 1. The minimum absolute atomic E-state index is 0. The molecule has 24 valence electrons. The molecule has 0 fully saturated rings. The fourth-order valence-electron chi connectivity index (χ4n) is 0. The van der Waals surface area contributed by atoms with Crippen molar-refractivity contribution in [2.75, 3.05) is 0 Å². The van der Waals surface area contributed by atoms with Gasteiger partial charge in [0.1, 0.15) is 0 Å². The molecule has 0 aromatic carbocycles.